The summed E-state index contributed by atoms with van der Waals surface area (Å²) >= 11 is 0. The highest BCUT2D eigenvalue weighted by atomic mass is 16.5. The maximum absolute atomic E-state index is 6.32. The summed E-state index contributed by atoms with van der Waals surface area (Å²) in [4.78, 5) is 7.00. The van der Waals surface area contributed by atoms with Gasteiger partial charge in [-0.25, -0.2) is 4.99 Å². The largest absolute Gasteiger partial charge is 0.493 e. The average Bonchev–Trinajstić information content (AvgIpc) is 3.18. The number of para-hydroxylation sites is 1. The van der Waals surface area contributed by atoms with Crippen molar-refractivity contribution in [1.29, 1.82) is 0 Å². The Labute approximate surface area is 170 Å². The molecule has 6 nitrogen and oxygen atoms in total. The summed E-state index contributed by atoms with van der Waals surface area (Å²) in [5.41, 5.74) is 1.08. The van der Waals surface area contributed by atoms with Gasteiger partial charge in [-0.05, 0) is 66.6 Å². The molecule has 0 unspecified atom stereocenters. The van der Waals surface area contributed by atoms with Gasteiger partial charge in [-0.3, -0.25) is 0 Å². The molecule has 0 saturated heterocycles. The van der Waals surface area contributed by atoms with Gasteiger partial charge in [-0.1, -0.05) is 12.1 Å². The molecule has 1 aromatic carbocycles. The van der Waals surface area contributed by atoms with E-state index in [-0.39, 0.29) is 11.6 Å². The van der Waals surface area contributed by atoms with E-state index in [0.717, 1.165) is 49.0 Å². The normalized spacial score (nSPS) is 15.8. The first kappa shape index (κ1) is 22.3. The molecule has 2 rings (SSSR count). The molecule has 0 aromatic heterocycles. The molecule has 0 atom stereocenters. The Bertz CT molecular complexity index is 637. The van der Waals surface area contributed by atoms with Gasteiger partial charge in [-0.2, -0.15) is 0 Å². The molecule has 0 bridgehead atoms. The average molecular weight is 391 g/mol. The highest BCUT2D eigenvalue weighted by Gasteiger charge is 2.22. The number of ether oxygens (including phenoxy) is 2. The molecule has 158 valence electrons. The molecular weight excluding hydrogens is 352 g/mol. The molecular formula is C22H38N4O2. The van der Waals surface area contributed by atoms with Crippen molar-refractivity contribution in [3.8, 4) is 11.5 Å². The van der Waals surface area contributed by atoms with Crippen molar-refractivity contribution in [2.24, 2.45) is 4.99 Å². The third-order valence-corrected chi connectivity index (χ3v) is 5.52. The Balaban J connectivity index is 2.14. The lowest BCUT2D eigenvalue weighted by molar-refractivity contribution is 0.197. The second kappa shape index (κ2) is 10.6. The summed E-state index contributed by atoms with van der Waals surface area (Å²) in [7, 11) is 5.88. The lowest BCUT2D eigenvalue weighted by Gasteiger charge is -2.33. The molecule has 0 aliphatic heterocycles. The van der Waals surface area contributed by atoms with Crippen LogP contribution in [0, 0.1) is 0 Å². The number of hydrogen-bond donors (Lipinski definition) is 2. The minimum atomic E-state index is 0.0307. The smallest absolute Gasteiger partial charge is 0.191 e. The fraction of sp³-hybridized carbons (Fsp3) is 0.682. The predicted molar refractivity (Wildman–Crippen MR) is 116 cm³/mol. The third-order valence-electron chi connectivity index (χ3n) is 5.52. The van der Waals surface area contributed by atoms with Gasteiger partial charge in [0.1, 0.15) is 0 Å². The van der Waals surface area contributed by atoms with Crippen molar-refractivity contribution in [3.05, 3.63) is 23.8 Å². The van der Waals surface area contributed by atoms with Crippen LogP contribution in [0.15, 0.2) is 23.2 Å². The number of guanidine groups is 1. The topological polar surface area (TPSA) is 58.1 Å². The van der Waals surface area contributed by atoms with E-state index in [1.165, 1.54) is 12.8 Å². The van der Waals surface area contributed by atoms with Gasteiger partial charge < -0.3 is 25.0 Å². The van der Waals surface area contributed by atoms with E-state index in [2.05, 4.69) is 56.5 Å². The predicted octanol–water partition coefficient (Wildman–Crippen LogP) is 3.41. The summed E-state index contributed by atoms with van der Waals surface area (Å²) in [5.74, 6) is 2.43. The number of likely N-dealkylation sites (N-methyl/N-ethyl adjacent to an activating group) is 1. The number of methoxy groups -OCH3 is 1. The van der Waals surface area contributed by atoms with Gasteiger partial charge in [0, 0.05) is 24.2 Å². The number of nitrogens with one attached hydrogen (secondary N) is 2. The highest BCUT2D eigenvalue weighted by molar-refractivity contribution is 5.79. The van der Waals surface area contributed by atoms with Crippen molar-refractivity contribution in [3.63, 3.8) is 0 Å². The van der Waals surface area contributed by atoms with Crippen molar-refractivity contribution < 1.29 is 9.47 Å². The van der Waals surface area contributed by atoms with E-state index >= 15 is 0 Å². The fourth-order valence-corrected chi connectivity index (χ4v) is 3.12. The summed E-state index contributed by atoms with van der Waals surface area (Å²) in [6.07, 6.45) is 4.99. The van der Waals surface area contributed by atoms with Crippen LogP contribution in [0.3, 0.4) is 0 Å². The standard InChI is InChI=1S/C22H38N4O2/c1-7-23-21(25-16-22(2,3)26(4)5)24-15-17-11-10-14-19(27-6)20(17)28-18-12-8-9-13-18/h10-11,14,18H,7-9,12-13,15-16H2,1-6H3,(H2,23,24,25). The van der Waals surface area contributed by atoms with E-state index in [9.17, 15) is 0 Å². The van der Waals surface area contributed by atoms with Gasteiger partial charge >= 0.3 is 0 Å². The van der Waals surface area contributed by atoms with E-state index in [1.807, 2.05) is 12.1 Å². The second-order valence-electron chi connectivity index (χ2n) is 8.23. The van der Waals surface area contributed by atoms with Crippen LogP contribution >= 0.6 is 0 Å². The molecule has 6 heteroatoms. The Kier molecular flexibility index (Phi) is 8.42. The Morgan fingerprint density at radius 3 is 2.54 bits per heavy atom. The molecule has 0 spiro atoms. The monoisotopic (exact) mass is 390 g/mol. The minimum Gasteiger partial charge on any atom is -0.493 e. The van der Waals surface area contributed by atoms with Crippen LogP contribution in [-0.4, -0.2) is 56.8 Å². The van der Waals surface area contributed by atoms with E-state index in [1.54, 1.807) is 7.11 Å². The van der Waals surface area contributed by atoms with Crippen molar-refractivity contribution in [2.45, 2.75) is 64.6 Å². The Morgan fingerprint density at radius 1 is 1.21 bits per heavy atom. The van der Waals surface area contributed by atoms with Gasteiger partial charge in [0.2, 0.25) is 0 Å². The van der Waals surface area contributed by atoms with Gasteiger partial charge in [0.15, 0.2) is 17.5 Å². The molecule has 1 aromatic rings. The van der Waals surface area contributed by atoms with Crippen molar-refractivity contribution in [2.75, 3.05) is 34.3 Å². The molecule has 28 heavy (non-hydrogen) atoms. The molecule has 1 fully saturated rings. The van der Waals surface area contributed by atoms with Crippen LogP contribution in [0.4, 0.5) is 0 Å². The maximum atomic E-state index is 6.32. The number of nitrogens with zero attached hydrogens (tertiary/aromatic N) is 2. The third kappa shape index (κ3) is 6.30. The van der Waals surface area contributed by atoms with Gasteiger partial charge in [-0.15, -0.1) is 0 Å². The van der Waals surface area contributed by atoms with Crippen molar-refractivity contribution in [1.82, 2.24) is 15.5 Å². The van der Waals surface area contributed by atoms with E-state index in [0.29, 0.717) is 6.54 Å². The molecule has 1 aliphatic rings. The molecule has 0 radical (unpaired) electrons. The number of rotatable bonds is 9. The zero-order valence-corrected chi connectivity index (χ0v) is 18.5. The lowest BCUT2D eigenvalue weighted by atomic mass is 10.0. The maximum Gasteiger partial charge on any atom is 0.191 e. The summed E-state index contributed by atoms with van der Waals surface area (Å²) in [5, 5.41) is 6.79. The van der Waals surface area contributed by atoms with E-state index in [4.69, 9.17) is 14.5 Å². The minimum absolute atomic E-state index is 0.0307. The molecule has 1 aliphatic carbocycles. The van der Waals surface area contributed by atoms with E-state index < -0.39 is 0 Å². The summed E-state index contributed by atoms with van der Waals surface area (Å²) in [6.45, 7) is 8.65. The Hall–Kier alpha value is -1.95. The van der Waals surface area contributed by atoms with Crippen LogP contribution in [-0.2, 0) is 6.54 Å². The molecule has 0 heterocycles. The van der Waals surface area contributed by atoms with Crippen LogP contribution in [0.25, 0.3) is 0 Å². The van der Waals surface area contributed by atoms with Crippen LogP contribution < -0.4 is 20.1 Å². The highest BCUT2D eigenvalue weighted by Crippen LogP contribution is 2.35. The first-order chi connectivity index (χ1) is 13.4. The zero-order chi connectivity index (χ0) is 20.6. The van der Waals surface area contributed by atoms with Crippen molar-refractivity contribution >= 4 is 5.96 Å². The van der Waals surface area contributed by atoms with Crippen LogP contribution in [0.2, 0.25) is 0 Å². The SMILES string of the molecule is CCNC(=NCc1cccc(OC)c1OC1CCCC1)NCC(C)(C)N(C)C. The fourth-order valence-electron chi connectivity index (χ4n) is 3.12. The molecule has 2 N–H and O–H groups in total. The number of aliphatic imine (C=N–C) groups is 1. The first-order valence-corrected chi connectivity index (χ1v) is 10.4. The summed E-state index contributed by atoms with van der Waals surface area (Å²) in [6, 6.07) is 6.03. The van der Waals surface area contributed by atoms with Crippen LogP contribution in [0.1, 0.15) is 52.0 Å². The number of benzene rings is 1. The lowest BCUT2D eigenvalue weighted by Crippen LogP contribution is -2.50. The number of hydrogen-bond acceptors (Lipinski definition) is 4. The Morgan fingerprint density at radius 2 is 1.93 bits per heavy atom. The molecule has 0 amide bonds. The zero-order valence-electron chi connectivity index (χ0n) is 18.5. The quantitative estimate of drug-likeness (QED) is 0.500. The summed E-state index contributed by atoms with van der Waals surface area (Å²) < 4.78 is 11.9. The molecule has 1 saturated carbocycles. The van der Waals surface area contributed by atoms with Crippen LogP contribution in [0.5, 0.6) is 11.5 Å². The van der Waals surface area contributed by atoms with Gasteiger partial charge in [0.05, 0.1) is 19.8 Å². The first-order valence-electron chi connectivity index (χ1n) is 10.4. The second-order valence-corrected chi connectivity index (χ2v) is 8.23. The van der Waals surface area contributed by atoms with Gasteiger partial charge in [0.25, 0.3) is 0 Å².